The van der Waals surface area contributed by atoms with Gasteiger partial charge in [-0.05, 0) is 13.8 Å². The smallest absolute Gasteiger partial charge is 0.247 e. The molecule has 0 radical (unpaired) electrons. The molecule has 5 nitrogen and oxygen atoms in total. The molecule has 0 fully saturated rings. The third kappa shape index (κ3) is 1.74. The molecule has 1 aromatic rings. The lowest BCUT2D eigenvalue weighted by Crippen LogP contribution is -2.17. The zero-order valence-corrected chi connectivity index (χ0v) is 9.50. The molecule has 15 heavy (non-hydrogen) atoms. The van der Waals surface area contributed by atoms with E-state index >= 15 is 0 Å². The highest BCUT2D eigenvalue weighted by molar-refractivity contribution is 7.91. The second-order valence-corrected chi connectivity index (χ2v) is 6.22. The van der Waals surface area contributed by atoms with Crippen LogP contribution in [-0.4, -0.2) is 23.6 Å². The van der Waals surface area contributed by atoms with Gasteiger partial charge in [0, 0.05) is 24.8 Å². The van der Waals surface area contributed by atoms with Gasteiger partial charge in [0.15, 0.2) is 0 Å². The molecular weight excluding hydrogens is 214 g/mol. The van der Waals surface area contributed by atoms with Gasteiger partial charge in [0.25, 0.3) is 0 Å². The molecule has 0 unspecified atom stereocenters. The summed E-state index contributed by atoms with van der Waals surface area (Å²) in [5.74, 6) is 0. The molecular formula is C9H13N3O2S. The Hall–Kier alpha value is -1.01. The molecule has 0 bridgehead atoms. The molecule has 82 valence electrons. The predicted molar refractivity (Wildman–Crippen MR) is 54.9 cm³/mol. The third-order valence-corrected chi connectivity index (χ3v) is 4.36. The molecule has 0 amide bonds. The summed E-state index contributed by atoms with van der Waals surface area (Å²) >= 11 is 0. The Kier molecular flexibility index (Phi) is 2.47. The van der Waals surface area contributed by atoms with E-state index in [1.807, 2.05) is 0 Å². The minimum Gasteiger partial charge on any atom is -0.307 e. The number of rotatable bonds is 2. The van der Waals surface area contributed by atoms with E-state index in [0.29, 0.717) is 6.54 Å². The molecule has 1 aromatic heterocycles. The molecule has 1 N–H and O–H groups in total. The van der Waals surface area contributed by atoms with E-state index in [0.717, 1.165) is 17.8 Å². The van der Waals surface area contributed by atoms with Gasteiger partial charge in [-0.3, -0.25) is 0 Å². The molecule has 1 aliphatic heterocycles. The summed E-state index contributed by atoms with van der Waals surface area (Å²) in [6.07, 6.45) is 1.59. The van der Waals surface area contributed by atoms with Crippen LogP contribution in [0.5, 0.6) is 0 Å². The van der Waals surface area contributed by atoms with Gasteiger partial charge in [-0.15, -0.1) is 0 Å². The summed E-state index contributed by atoms with van der Waals surface area (Å²) in [4.78, 5) is 7.99. The van der Waals surface area contributed by atoms with Crippen LogP contribution in [0.25, 0.3) is 0 Å². The van der Waals surface area contributed by atoms with Gasteiger partial charge in [-0.2, -0.15) is 0 Å². The molecule has 0 saturated carbocycles. The quantitative estimate of drug-likeness (QED) is 0.734. The number of sulfone groups is 1. The Labute approximate surface area is 88.9 Å². The molecule has 0 spiro atoms. The minimum absolute atomic E-state index is 0.0556. The van der Waals surface area contributed by atoms with Crippen LogP contribution >= 0.6 is 0 Å². The Bertz CT molecular complexity index is 482. The van der Waals surface area contributed by atoms with Crippen LogP contribution in [0.1, 0.15) is 25.1 Å². The Morgan fingerprint density at radius 3 is 2.80 bits per heavy atom. The number of aromatic nitrogens is 2. The monoisotopic (exact) mass is 227 g/mol. The largest absolute Gasteiger partial charge is 0.307 e. The maximum Gasteiger partial charge on any atom is 0.247 e. The first-order chi connectivity index (χ1) is 7.01. The second kappa shape index (κ2) is 3.53. The maximum absolute atomic E-state index is 11.8. The predicted octanol–water partition coefficient (Wildman–Crippen LogP) is 0.262. The van der Waals surface area contributed by atoms with E-state index in [9.17, 15) is 8.42 Å². The van der Waals surface area contributed by atoms with E-state index < -0.39 is 15.1 Å². The number of nitrogens with one attached hydrogen (secondary N) is 1. The van der Waals surface area contributed by atoms with Crippen LogP contribution in [0.4, 0.5) is 0 Å². The Morgan fingerprint density at radius 2 is 2.13 bits per heavy atom. The molecule has 0 aromatic carbocycles. The topological polar surface area (TPSA) is 72.0 Å². The van der Waals surface area contributed by atoms with E-state index in [-0.39, 0.29) is 5.16 Å². The summed E-state index contributed by atoms with van der Waals surface area (Å²) in [6, 6.07) is 0. The van der Waals surface area contributed by atoms with Crippen LogP contribution < -0.4 is 5.32 Å². The summed E-state index contributed by atoms with van der Waals surface area (Å²) in [5.41, 5.74) is 1.78. The molecule has 0 aliphatic carbocycles. The van der Waals surface area contributed by atoms with E-state index in [2.05, 4.69) is 15.3 Å². The lowest BCUT2D eigenvalue weighted by molar-refractivity contribution is 0.577. The van der Waals surface area contributed by atoms with Gasteiger partial charge >= 0.3 is 0 Å². The van der Waals surface area contributed by atoms with E-state index in [4.69, 9.17) is 0 Å². The fraction of sp³-hybridized carbons (Fsp3) is 0.556. The maximum atomic E-state index is 11.8. The Morgan fingerprint density at radius 1 is 1.40 bits per heavy atom. The van der Waals surface area contributed by atoms with Gasteiger partial charge < -0.3 is 5.32 Å². The number of fused-ring (bicyclic) bond motifs is 1. The SMILES string of the molecule is CC(C)S(=O)(=O)c1ncc2c(n1)CNC2. The molecule has 6 heteroatoms. The van der Waals surface area contributed by atoms with Crippen molar-refractivity contribution in [3.63, 3.8) is 0 Å². The zero-order valence-electron chi connectivity index (χ0n) is 8.69. The van der Waals surface area contributed by atoms with Gasteiger partial charge in [0.1, 0.15) is 0 Å². The highest BCUT2D eigenvalue weighted by atomic mass is 32.2. The number of nitrogens with zero attached hydrogens (tertiary/aromatic N) is 2. The summed E-state index contributed by atoms with van der Waals surface area (Å²) in [6.45, 7) is 4.60. The van der Waals surface area contributed by atoms with Crippen molar-refractivity contribution < 1.29 is 8.42 Å². The first-order valence-electron chi connectivity index (χ1n) is 4.81. The molecule has 2 heterocycles. The summed E-state index contributed by atoms with van der Waals surface area (Å²) in [5, 5.41) is 2.56. The van der Waals surface area contributed by atoms with Crippen LogP contribution in [0, 0.1) is 0 Å². The molecule has 0 atom stereocenters. The van der Waals surface area contributed by atoms with E-state index in [1.165, 1.54) is 0 Å². The van der Waals surface area contributed by atoms with E-state index in [1.54, 1.807) is 20.0 Å². The number of hydrogen-bond acceptors (Lipinski definition) is 5. The van der Waals surface area contributed by atoms with Crippen LogP contribution in [0.2, 0.25) is 0 Å². The Balaban J connectivity index is 2.48. The van der Waals surface area contributed by atoms with Crippen molar-refractivity contribution in [2.24, 2.45) is 0 Å². The summed E-state index contributed by atoms with van der Waals surface area (Å²) in [7, 11) is -3.35. The van der Waals surface area contributed by atoms with Crippen LogP contribution in [0.15, 0.2) is 11.4 Å². The molecule has 1 aliphatic rings. The van der Waals surface area contributed by atoms with Gasteiger partial charge in [0.05, 0.1) is 10.9 Å². The molecule has 0 saturated heterocycles. The van der Waals surface area contributed by atoms with Crippen molar-refractivity contribution in [2.45, 2.75) is 37.3 Å². The normalized spacial score (nSPS) is 15.7. The lowest BCUT2D eigenvalue weighted by Gasteiger charge is -2.06. The van der Waals surface area contributed by atoms with Crippen molar-refractivity contribution in [1.29, 1.82) is 0 Å². The average Bonchev–Trinajstić information content (AvgIpc) is 2.63. The van der Waals surface area contributed by atoms with Crippen molar-refractivity contribution in [1.82, 2.24) is 15.3 Å². The third-order valence-electron chi connectivity index (χ3n) is 2.42. The standard InChI is InChI=1S/C9H13N3O2S/c1-6(2)15(13,14)9-11-4-7-3-10-5-8(7)12-9/h4,6,10H,3,5H2,1-2H3. The minimum atomic E-state index is -3.35. The summed E-state index contributed by atoms with van der Waals surface area (Å²) < 4.78 is 23.6. The van der Waals surface area contributed by atoms with Crippen LogP contribution in [0.3, 0.4) is 0 Å². The lowest BCUT2D eigenvalue weighted by atomic mass is 10.3. The van der Waals surface area contributed by atoms with Crippen LogP contribution in [-0.2, 0) is 22.9 Å². The first kappa shape index (κ1) is 10.5. The molecule has 2 rings (SSSR count). The second-order valence-electron chi connectivity index (χ2n) is 3.82. The number of hydrogen-bond donors (Lipinski definition) is 1. The van der Waals surface area contributed by atoms with Gasteiger partial charge in [-0.1, -0.05) is 0 Å². The average molecular weight is 227 g/mol. The van der Waals surface area contributed by atoms with Gasteiger partial charge in [-0.25, -0.2) is 18.4 Å². The fourth-order valence-electron chi connectivity index (χ4n) is 1.39. The van der Waals surface area contributed by atoms with Crippen molar-refractivity contribution in [3.8, 4) is 0 Å². The zero-order chi connectivity index (χ0) is 11.1. The van der Waals surface area contributed by atoms with Crippen molar-refractivity contribution >= 4 is 9.84 Å². The highest BCUT2D eigenvalue weighted by Gasteiger charge is 2.24. The van der Waals surface area contributed by atoms with Crippen molar-refractivity contribution in [2.75, 3.05) is 0 Å². The van der Waals surface area contributed by atoms with Gasteiger partial charge in [0.2, 0.25) is 15.0 Å². The fourth-order valence-corrected chi connectivity index (χ4v) is 2.25. The van der Waals surface area contributed by atoms with Crippen molar-refractivity contribution in [3.05, 3.63) is 17.5 Å². The highest BCUT2D eigenvalue weighted by Crippen LogP contribution is 2.16. The first-order valence-corrected chi connectivity index (χ1v) is 6.36.